The van der Waals surface area contributed by atoms with E-state index in [1.165, 1.54) is 0 Å². The third-order valence-electron chi connectivity index (χ3n) is 4.27. The molecule has 0 amide bonds. The number of nitrogens with zero attached hydrogens (tertiary/aromatic N) is 4. The van der Waals surface area contributed by atoms with Gasteiger partial charge in [0.1, 0.15) is 5.76 Å². The van der Waals surface area contributed by atoms with Gasteiger partial charge in [-0.25, -0.2) is 4.98 Å². The third kappa shape index (κ3) is 4.09. The smallest absolute Gasteiger partial charge is 0.213 e. The van der Waals surface area contributed by atoms with Crippen molar-refractivity contribution in [1.82, 2.24) is 19.9 Å². The Hall–Kier alpha value is -1.92. The zero-order valence-electron chi connectivity index (χ0n) is 14.0. The molecule has 1 fully saturated rings. The molecule has 0 aromatic carbocycles. The Morgan fingerprint density at radius 3 is 2.83 bits per heavy atom. The number of rotatable bonds is 5. The molecule has 23 heavy (non-hydrogen) atoms. The third-order valence-corrected chi connectivity index (χ3v) is 4.27. The normalized spacial score (nSPS) is 19.9. The molecule has 1 saturated heterocycles. The van der Waals surface area contributed by atoms with E-state index in [1.807, 2.05) is 25.1 Å². The Labute approximate surface area is 137 Å². The number of hydrogen-bond acceptors (Lipinski definition) is 6. The molecule has 124 valence electrons. The minimum atomic E-state index is 0.477. The van der Waals surface area contributed by atoms with E-state index in [-0.39, 0.29) is 0 Å². The largest absolute Gasteiger partial charge is 0.481 e. The Balaban J connectivity index is 1.55. The quantitative estimate of drug-likeness (QED) is 0.842. The standard InChI is InChI=1S/C17H24N4O2/c1-13-10-20(11-16-9-14(2)23-19-16)7-8-21(13)12-15-5-4-6-17(18-15)22-3/h4-6,9,13H,7-8,10-12H2,1-3H3. The van der Waals surface area contributed by atoms with Gasteiger partial charge < -0.3 is 9.26 Å². The highest BCUT2D eigenvalue weighted by Gasteiger charge is 2.24. The van der Waals surface area contributed by atoms with Gasteiger partial charge in [-0.3, -0.25) is 9.80 Å². The van der Waals surface area contributed by atoms with Crippen LogP contribution in [0, 0.1) is 6.92 Å². The summed E-state index contributed by atoms with van der Waals surface area (Å²) in [6.45, 7) is 8.98. The van der Waals surface area contributed by atoms with Crippen molar-refractivity contribution in [2.75, 3.05) is 26.7 Å². The van der Waals surface area contributed by atoms with Crippen molar-refractivity contribution in [2.24, 2.45) is 0 Å². The summed E-state index contributed by atoms with van der Waals surface area (Å²) in [5.41, 5.74) is 2.06. The first-order valence-corrected chi connectivity index (χ1v) is 8.02. The van der Waals surface area contributed by atoms with Gasteiger partial charge in [0.25, 0.3) is 0 Å². The topological polar surface area (TPSA) is 54.6 Å². The van der Waals surface area contributed by atoms with E-state index in [1.54, 1.807) is 7.11 Å². The predicted molar refractivity (Wildman–Crippen MR) is 87.2 cm³/mol. The van der Waals surface area contributed by atoms with Crippen molar-refractivity contribution < 1.29 is 9.26 Å². The van der Waals surface area contributed by atoms with Crippen LogP contribution in [0.15, 0.2) is 28.8 Å². The fraction of sp³-hybridized carbons (Fsp3) is 0.529. The maximum Gasteiger partial charge on any atom is 0.213 e. The highest BCUT2D eigenvalue weighted by atomic mass is 16.5. The fourth-order valence-corrected chi connectivity index (χ4v) is 3.04. The lowest BCUT2D eigenvalue weighted by atomic mass is 10.1. The first-order valence-electron chi connectivity index (χ1n) is 8.02. The SMILES string of the molecule is COc1cccc(CN2CCN(Cc3cc(C)on3)CC2C)n1. The minimum Gasteiger partial charge on any atom is -0.481 e. The lowest BCUT2D eigenvalue weighted by Gasteiger charge is -2.39. The predicted octanol–water partition coefficient (Wildman–Crippen LogP) is 2.09. The van der Waals surface area contributed by atoms with E-state index < -0.39 is 0 Å². The second kappa shape index (κ2) is 7.10. The van der Waals surface area contributed by atoms with E-state index in [2.05, 4.69) is 32.9 Å². The highest BCUT2D eigenvalue weighted by Crippen LogP contribution is 2.16. The molecule has 2 aromatic rings. The van der Waals surface area contributed by atoms with E-state index >= 15 is 0 Å². The van der Waals surface area contributed by atoms with Gasteiger partial charge >= 0.3 is 0 Å². The molecule has 6 heteroatoms. The summed E-state index contributed by atoms with van der Waals surface area (Å²) in [6, 6.07) is 8.42. The molecule has 2 aromatic heterocycles. The fourth-order valence-electron chi connectivity index (χ4n) is 3.04. The number of pyridine rings is 1. The molecule has 1 unspecified atom stereocenters. The zero-order valence-corrected chi connectivity index (χ0v) is 14.0. The van der Waals surface area contributed by atoms with Crippen LogP contribution in [-0.2, 0) is 13.1 Å². The highest BCUT2D eigenvalue weighted by molar-refractivity contribution is 5.15. The van der Waals surface area contributed by atoms with Crippen LogP contribution in [0.5, 0.6) is 5.88 Å². The molecule has 3 heterocycles. The number of aryl methyl sites for hydroxylation is 1. The first-order chi connectivity index (χ1) is 11.1. The van der Waals surface area contributed by atoms with Crippen molar-refractivity contribution in [3.8, 4) is 5.88 Å². The molecule has 0 saturated carbocycles. The minimum absolute atomic E-state index is 0.477. The van der Waals surface area contributed by atoms with Crippen LogP contribution < -0.4 is 4.74 Å². The van der Waals surface area contributed by atoms with Gasteiger partial charge in [0.05, 0.1) is 18.5 Å². The molecule has 0 N–H and O–H groups in total. The molecule has 1 aliphatic heterocycles. The van der Waals surface area contributed by atoms with Crippen LogP contribution in [0.1, 0.15) is 24.1 Å². The lowest BCUT2D eigenvalue weighted by molar-refractivity contribution is 0.0709. The number of ether oxygens (including phenoxy) is 1. The summed E-state index contributed by atoms with van der Waals surface area (Å²) in [7, 11) is 1.65. The van der Waals surface area contributed by atoms with Crippen LogP contribution in [-0.4, -0.2) is 52.7 Å². The van der Waals surface area contributed by atoms with E-state index in [4.69, 9.17) is 9.26 Å². The van der Waals surface area contributed by atoms with Crippen molar-refractivity contribution in [3.05, 3.63) is 41.4 Å². The van der Waals surface area contributed by atoms with Crippen molar-refractivity contribution >= 4 is 0 Å². The monoisotopic (exact) mass is 316 g/mol. The molecule has 6 nitrogen and oxygen atoms in total. The molecule has 0 spiro atoms. The number of aromatic nitrogens is 2. The van der Waals surface area contributed by atoms with Gasteiger partial charge in [-0.2, -0.15) is 0 Å². The number of hydrogen-bond donors (Lipinski definition) is 0. The Kier molecular flexibility index (Phi) is 4.93. The Morgan fingerprint density at radius 1 is 1.26 bits per heavy atom. The molecule has 0 aliphatic carbocycles. The van der Waals surface area contributed by atoms with Gasteiger partial charge in [-0.1, -0.05) is 11.2 Å². The van der Waals surface area contributed by atoms with E-state index in [0.29, 0.717) is 11.9 Å². The summed E-state index contributed by atoms with van der Waals surface area (Å²) in [4.78, 5) is 9.40. The van der Waals surface area contributed by atoms with Gasteiger partial charge in [0, 0.05) is 50.9 Å². The van der Waals surface area contributed by atoms with Crippen LogP contribution in [0.2, 0.25) is 0 Å². The maximum absolute atomic E-state index is 5.20. The molecule has 3 rings (SSSR count). The summed E-state index contributed by atoms with van der Waals surface area (Å²) in [5.74, 6) is 1.55. The van der Waals surface area contributed by atoms with Crippen molar-refractivity contribution in [3.63, 3.8) is 0 Å². The van der Waals surface area contributed by atoms with Crippen molar-refractivity contribution in [2.45, 2.75) is 33.0 Å². The van der Waals surface area contributed by atoms with Gasteiger partial charge in [-0.15, -0.1) is 0 Å². The Morgan fingerprint density at radius 2 is 2.13 bits per heavy atom. The summed E-state index contributed by atoms with van der Waals surface area (Å²) in [6.07, 6.45) is 0. The second-order valence-corrected chi connectivity index (χ2v) is 6.15. The average Bonchev–Trinajstić information content (AvgIpc) is 2.95. The van der Waals surface area contributed by atoms with Gasteiger partial charge in [0.15, 0.2) is 0 Å². The summed E-state index contributed by atoms with van der Waals surface area (Å²) >= 11 is 0. The first kappa shape index (κ1) is 16.0. The van der Waals surface area contributed by atoms with E-state index in [9.17, 15) is 0 Å². The van der Waals surface area contributed by atoms with Crippen molar-refractivity contribution in [1.29, 1.82) is 0 Å². The van der Waals surface area contributed by atoms with E-state index in [0.717, 1.165) is 49.9 Å². The maximum atomic E-state index is 5.20. The molecule has 0 radical (unpaired) electrons. The second-order valence-electron chi connectivity index (χ2n) is 6.15. The summed E-state index contributed by atoms with van der Waals surface area (Å²) in [5, 5.41) is 4.09. The van der Waals surface area contributed by atoms with Crippen LogP contribution in [0.25, 0.3) is 0 Å². The van der Waals surface area contributed by atoms with Gasteiger partial charge in [-0.05, 0) is 19.9 Å². The van der Waals surface area contributed by atoms with Crippen LogP contribution in [0.4, 0.5) is 0 Å². The lowest BCUT2D eigenvalue weighted by Crippen LogP contribution is -2.51. The molecular weight excluding hydrogens is 292 g/mol. The summed E-state index contributed by atoms with van der Waals surface area (Å²) < 4.78 is 10.4. The zero-order chi connectivity index (χ0) is 16.2. The van der Waals surface area contributed by atoms with Crippen LogP contribution >= 0.6 is 0 Å². The molecule has 0 bridgehead atoms. The number of piperazine rings is 1. The molecule has 1 atom stereocenters. The molecular formula is C17H24N4O2. The van der Waals surface area contributed by atoms with Gasteiger partial charge in [0.2, 0.25) is 5.88 Å². The average molecular weight is 316 g/mol. The molecule has 1 aliphatic rings. The number of methoxy groups -OCH3 is 1. The Bertz CT molecular complexity index is 643. The van der Waals surface area contributed by atoms with Crippen LogP contribution in [0.3, 0.4) is 0 Å².